The molecule has 0 saturated carbocycles. The molecule has 8 heteroatoms. The summed E-state index contributed by atoms with van der Waals surface area (Å²) in [6.07, 6.45) is 1.39. The molecule has 1 heterocycles. The van der Waals surface area contributed by atoms with Crippen molar-refractivity contribution in [3.8, 4) is 5.75 Å². The Bertz CT molecular complexity index is 1030. The molecule has 30 heavy (non-hydrogen) atoms. The molecule has 0 N–H and O–H groups in total. The largest absolute Gasteiger partial charge is 0.491 e. The summed E-state index contributed by atoms with van der Waals surface area (Å²) in [4.78, 5) is 36.9. The van der Waals surface area contributed by atoms with Crippen LogP contribution in [0, 0.1) is 17.0 Å². The molecule has 3 rings (SSSR count). The van der Waals surface area contributed by atoms with E-state index in [0.717, 1.165) is 33.5 Å². The molecule has 1 aliphatic rings. The lowest BCUT2D eigenvalue weighted by molar-refractivity contribution is -0.385. The van der Waals surface area contributed by atoms with Crippen LogP contribution in [0.25, 0.3) is 6.08 Å². The monoisotopic (exact) mass is 426 g/mol. The van der Waals surface area contributed by atoms with Gasteiger partial charge in [0.2, 0.25) is 0 Å². The predicted octanol–water partition coefficient (Wildman–Crippen LogP) is 5.14. The molecule has 0 radical (unpaired) electrons. The molecule has 2 aromatic rings. The van der Waals surface area contributed by atoms with E-state index < -0.39 is 16.1 Å². The van der Waals surface area contributed by atoms with E-state index in [9.17, 15) is 19.7 Å². The van der Waals surface area contributed by atoms with Gasteiger partial charge in [0, 0.05) is 6.07 Å². The number of ether oxygens (including phenoxy) is 1. The van der Waals surface area contributed by atoms with E-state index in [1.807, 2.05) is 25.1 Å². The third-order valence-corrected chi connectivity index (χ3v) is 5.56. The number of aryl methyl sites for hydroxylation is 1. The molecule has 1 saturated heterocycles. The van der Waals surface area contributed by atoms with Crippen molar-refractivity contribution in [1.29, 1.82) is 0 Å². The first-order valence-corrected chi connectivity index (χ1v) is 10.3. The van der Waals surface area contributed by atoms with Gasteiger partial charge < -0.3 is 4.74 Å². The Morgan fingerprint density at radius 2 is 1.93 bits per heavy atom. The number of hydrogen-bond acceptors (Lipinski definition) is 6. The van der Waals surface area contributed by atoms with Crippen LogP contribution in [0.15, 0.2) is 47.4 Å². The highest BCUT2D eigenvalue weighted by Gasteiger charge is 2.35. The normalized spacial score (nSPS) is 15.3. The van der Waals surface area contributed by atoms with Gasteiger partial charge >= 0.3 is 0 Å². The molecular weight excluding hydrogens is 404 g/mol. The number of para-hydroxylation sites is 1. The summed E-state index contributed by atoms with van der Waals surface area (Å²) in [6, 6.07) is 12.1. The maximum atomic E-state index is 12.7. The minimum absolute atomic E-state index is 0.102. The number of carbonyl (C=O) groups is 2. The number of imide groups is 1. The fourth-order valence-corrected chi connectivity index (χ4v) is 3.96. The van der Waals surface area contributed by atoms with E-state index in [0.29, 0.717) is 0 Å². The van der Waals surface area contributed by atoms with Gasteiger partial charge in [0.15, 0.2) is 0 Å². The van der Waals surface area contributed by atoms with Crippen molar-refractivity contribution in [3.05, 3.63) is 74.2 Å². The van der Waals surface area contributed by atoms with Gasteiger partial charge in [0.1, 0.15) is 12.4 Å². The topological polar surface area (TPSA) is 89.8 Å². The van der Waals surface area contributed by atoms with Crippen LogP contribution >= 0.6 is 11.8 Å². The molecule has 1 aliphatic heterocycles. The fourth-order valence-electron chi connectivity index (χ4n) is 3.10. The molecule has 0 unspecified atom stereocenters. The number of carbonyl (C=O) groups excluding carboxylic acids is 2. The summed E-state index contributed by atoms with van der Waals surface area (Å²) in [7, 11) is 0. The second-order valence-electron chi connectivity index (χ2n) is 7.19. The van der Waals surface area contributed by atoms with Crippen molar-refractivity contribution >= 4 is 34.7 Å². The number of amides is 2. The number of nitro groups is 1. The van der Waals surface area contributed by atoms with Crippen LogP contribution in [0.1, 0.15) is 36.5 Å². The number of benzene rings is 2. The lowest BCUT2D eigenvalue weighted by Crippen LogP contribution is -2.32. The highest BCUT2D eigenvalue weighted by atomic mass is 32.2. The molecule has 0 atom stereocenters. The highest BCUT2D eigenvalue weighted by Crippen LogP contribution is 2.34. The Labute approximate surface area is 178 Å². The summed E-state index contributed by atoms with van der Waals surface area (Å²) in [6.45, 7) is 6.38. The zero-order valence-electron chi connectivity index (χ0n) is 17.0. The standard InChI is InChI=1S/C22H22N2O5S/c1-14(2)17-9-8-15(3)12-19(17)29-11-10-23-21(25)20(30-22(23)26)13-16-6-4-5-7-18(16)24(27)28/h4-9,12-14H,10-11H2,1-3H3/b20-13-. The molecule has 0 aliphatic carbocycles. The number of hydrogen-bond donors (Lipinski definition) is 0. The summed E-state index contributed by atoms with van der Waals surface area (Å²) in [5, 5.41) is 10.8. The Morgan fingerprint density at radius 3 is 2.63 bits per heavy atom. The SMILES string of the molecule is Cc1ccc(C(C)C)c(OCCN2C(=O)S/C(=C\c3ccccc3[N+](=O)[O-])C2=O)c1. The Kier molecular flexibility index (Phi) is 6.56. The maximum Gasteiger partial charge on any atom is 0.293 e. The van der Waals surface area contributed by atoms with Crippen LogP contribution in [-0.4, -0.2) is 34.1 Å². The van der Waals surface area contributed by atoms with Crippen LogP contribution in [0.4, 0.5) is 10.5 Å². The molecule has 0 spiro atoms. The van der Waals surface area contributed by atoms with Gasteiger partial charge in [-0.15, -0.1) is 0 Å². The molecule has 7 nitrogen and oxygen atoms in total. The van der Waals surface area contributed by atoms with Gasteiger partial charge in [0.25, 0.3) is 16.8 Å². The van der Waals surface area contributed by atoms with E-state index in [1.165, 1.54) is 12.1 Å². The quantitative estimate of drug-likeness (QED) is 0.346. The smallest absolute Gasteiger partial charge is 0.293 e. The average Bonchev–Trinajstić information content (AvgIpc) is 2.95. The van der Waals surface area contributed by atoms with E-state index in [1.54, 1.807) is 18.2 Å². The van der Waals surface area contributed by atoms with Gasteiger partial charge in [-0.25, -0.2) is 0 Å². The lowest BCUT2D eigenvalue weighted by atomic mass is 10.0. The van der Waals surface area contributed by atoms with Gasteiger partial charge in [-0.3, -0.25) is 24.6 Å². The van der Waals surface area contributed by atoms with Crippen molar-refractivity contribution in [3.63, 3.8) is 0 Å². The van der Waals surface area contributed by atoms with Gasteiger partial charge in [-0.2, -0.15) is 0 Å². The summed E-state index contributed by atoms with van der Waals surface area (Å²) in [5.74, 6) is 0.551. The third kappa shape index (κ3) is 4.71. The Balaban J connectivity index is 1.71. The van der Waals surface area contributed by atoms with Gasteiger partial charge in [-0.05, 0) is 53.9 Å². The average molecular weight is 426 g/mol. The van der Waals surface area contributed by atoms with E-state index in [-0.39, 0.29) is 35.2 Å². The Hall–Kier alpha value is -3.13. The first-order chi connectivity index (χ1) is 14.3. The maximum absolute atomic E-state index is 12.7. The van der Waals surface area contributed by atoms with Crippen LogP contribution in [0.2, 0.25) is 0 Å². The van der Waals surface area contributed by atoms with Crippen molar-refractivity contribution < 1.29 is 19.2 Å². The highest BCUT2D eigenvalue weighted by molar-refractivity contribution is 8.18. The summed E-state index contributed by atoms with van der Waals surface area (Å²) < 4.78 is 5.88. The zero-order valence-corrected chi connectivity index (χ0v) is 17.8. The van der Waals surface area contributed by atoms with Gasteiger partial charge in [-0.1, -0.05) is 38.1 Å². The molecule has 0 bridgehead atoms. The lowest BCUT2D eigenvalue weighted by Gasteiger charge is -2.17. The van der Waals surface area contributed by atoms with Crippen LogP contribution in [0.5, 0.6) is 5.75 Å². The van der Waals surface area contributed by atoms with E-state index in [2.05, 4.69) is 13.8 Å². The van der Waals surface area contributed by atoms with E-state index in [4.69, 9.17) is 4.74 Å². The number of thioether (sulfide) groups is 1. The van der Waals surface area contributed by atoms with Crippen LogP contribution in [0.3, 0.4) is 0 Å². The number of nitrogens with zero attached hydrogens (tertiary/aromatic N) is 2. The molecule has 156 valence electrons. The first kappa shape index (κ1) is 21.6. The number of nitro benzene ring substituents is 1. The van der Waals surface area contributed by atoms with Crippen LogP contribution < -0.4 is 4.74 Å². The van der Waals surface area contributed by atoms with Gasteiger partial charge in [0.05, 0.1) is 21.9 Å². The van der Waals surface area contributed by atoms with E-state index >= 15 is 0 Å². The molecule has 0 aromatic heterocycles. The molecule has 2 aromatic carbocycles. The minimum Gasteiger partial charge on any atom is -0.491 e. The first-order valence-electron chi connectivity index (χ1n) is 9.50. The van der Waals surface area contributed by atoms with Crippen molar-refractivity contribution in [2.45, 2.75) is 26.7 Å². The molecule has 2 amide bonds. The zero-order chi connectivity index (χ0) is 21.8. The van der Waals surface area contributed by atoms with Crippen LogP contribution in [-0.2, 0) is 4.79 Å². The van der Waals surface area contributed by atoms with Crippen molar-refractivity contribution in [2.75, 3.05) is 13.2 Å². The van der Waals surface area contributed by atoms with Crippen molar-refractivity contribution in [2.24, 2.45) is 0 Å². The van der Waals surface area contributed by atoms with Crippen molar-refractivity contribution in [1.82, 2.24) is 4.90 Å². The summed E-state index contributed by atoms with van der Waals surface area (Å²) >= 11 is 0.774. The predicted molar refractivity (Wildman–Crippen MR) is 117 cm³/mol. The molecule has 1 fully saturated rings. The second-order valence-corrected chi connectivity index (χ2v) is 8.19. The third-order valence-electron chi connectivity index (χ3n) is 4.66. The minimum atomic E-state index is -0.516. The Morgan fingerprint density at radius 1 is 1.20 bits per heavy atom. The second kappa shape index (κ2) is 9.13. The summed E-state index contributed by atoms with van der Waals surface area (Å²) in [5.41, 5.74) is 2.29. The fraction of sp³-hybridized carbons (Fsp3) is 0.273. The number of rotatable bonds is 7. The molecular formula is C22H22N2O5S.